The van der Waals surface area contributed by atoms with Crippen LogP contribution in [0, 0.1) is 0 Å². The van der Waals surface area contributed by atoms with E-state index in [4.69, 9.17) is 0 Å². The van der Waals surface area contributed by atoms with E-state index in [1.54, 1.807) is 24.3 Å². The van der Waals surface area contributed by atoms with E-state index in [9.17, 15) is 14.7 Å². The molecular weight excluding hydrogens is 280 g/mol. The number of carbonyl (C=O) groups is 2. The minimum atomic E-state index is -1.36. The summed E-state index contributed by atoms with van der Waals surface area (Å²) in [6, 6.07) is 7.11. The van der Waals surface area contributed by atoms with Gasteiger partial charge in [-0.05, 0) is 18.6 Å². The van der Waals surface area contributed by atoms with Crippen LogP contribution < -0.4 is 5.11 Å². The molecule has 2 aromatic rings. The molecule has 0 radical (unpaired) electrons. The Morgan fingerprint density at radius 1 is 1.39 bits per heavy atom. The van der Waals surface area contributed by atoms with Crippen LogP contribution in [0.1, 0.15) is 18.2 Å². The zero-order valence-electron chi connectivity index (χ0n) is 9.38. The number of aliphatic carboxylic acids is 1. The van der Waals surface area contributed by atoms with Crippen molar-refractivity contribution in [2.75, 3.05) is 0 Å². The molecule has 0 saturated heterocycles. The van der Waals surface area contributed by atoms with Crippen molar-refractivity contribution in [3.8, 4) is 0 Å². The second kappa shape index (κ2) is 6.47. The number of para-hydroxylation sites is 2. The van der Waals surface area contributed by atoms with Crippen molar-refractivity contribution in [2.45, 2.75) is 12.3 Å². The number of hydrogen-bond acceptors (Lipinski definition) is 5. The first-order valence-electron chi connectivity index (χ1n) is 4.93. The van der Waals surface area contributed by atoms with Crippen molar-refractivity contribution in [1.29, 1.82) is 0 Å². The summed E-state index contributed by atoms with van der Waals surface area (Å²) in [5.74, 6) is -2.28. The van der Waals surface area contributed by atoms with Gasteiger partial charge in [0.05, 0.1) is 22.9 Å². The summed E-state index contributed by atoms with van der Waals surface area (Å²) in [5, 5.41) is 10.3. The second-order valence-electron chi connectivity index (χ2n) is 3.59. The number of H-pyrrole nitrogens is 1. The molecule has 0 saturated carbocycles. The van der Waals surface area contributed by atoms with Gasteiger partial charge in [0, 0.05) is 5.12 Å². The largest absolute Gasteiger partial charge is 2.00 e. The quantitative estimate of drug-likeness (QED) is 0.604. The number of hydrogen-bond donors (Lipinski definition) is 1. The summed E-state index contributed by atoms with van der Waals surface area (Å²) < 4.78 is 0. The summed E-state index contributed by atoms with van der Waals surface area (Å²) in [6.45, 7) is 0. The number of rotatable bonds is 4. The smallest absolute Gasteiger partial charge is 0.742 e. The molecule has 18 heavy (non-hydrogen) atoms. The number of aromatic amines is 1. The standard InChI is InChI=1S/C11H10N2O3S.Ca/c14-9(17)5-6(11(15)16)10-12-7-3-1-2-4-8(7)13-10;/h1-4,6H,5H2,(H,12,13)(H,14,17)(H,15,16);/q;+2/p-2. The molecule has 5 nitrogen and oxygen atoms in total. The Balaban J connectivity index is 0.00000162. The summed E-state index contributed by atoms with van der Waals surface area (Å²) >= 11 is 4.38. The Labute approximate surface area is 138 Å². The molecule has 1 N–H and O–H groups in total. The molecule has 0 aliphatic carbocycles. The van der Waals surface area contributed by atoms with Crippen molar-refractivity contribution in [1.82, 2.24) is 9.97 Å². The number of benzene rings is 1. The molecule has 0 aliphatic heterocycles. The van der Waals surface area contributed by atoms with E-state index in [0.717, 1.165) is 0 Å². The normalized spacial score (nSPS) is 11.8. The van der Waals surface area contributed by atoms with Gasteiger partial charge < -0.3 is 32.3 Å². The SMILES string of the molecule is O=C([S-])CC(C(=O)[O-])c1nc2ccccc2[nH]1.[Ca+2]. The van der Waals surface area contributed by atoms with Crippen molar-refractivity contribution in [3.63, 3.8) is 0 Å². The molecule has 1 aromatic carbocycles. The van der Waals surface area contributed by atoms with E-state index in [0.29, 0.717) is 11.0 Å². The topological polar surface area (TPSA) is 85.9 Å². The fourth-order valence-corrected chi connectivity index (χ4v) is 1.76. The molecule has 88 valence electrons. The molecule has 0 bridgehead atoms. The van der Waals surface area contributed by atoms with Crippen molar-refractivity contribution in [2.24, 2.45) is 0 Å². The van der Waals surface area contributed by atoms with Crippen LogP contribution >= 0.6 is 0 Å². The average Bonchev–Trinajstić information content (AvgIpc) is 2.68. The number of nitrogens with one attached hydrogen (secondary N) is 1. The number of carboxylic acids is 1. The maximum Gasteiger partial charge on any atom is 2.00 e. The Kier molecular flexibility index (Phi) is 5.52. The van der Waals surface area contributed by atoms with E-state index in [-0.39, 0.29) is 50.0 Å². The number of fused-ring (bicyclic) bond motifs is 1. The zero-order valence-corrected chi connectivity index (χ0v) is 12.4. The van der Waals surface area contributed by atoms with Crippen LogP contribution in [0.2, 0.25) is 0 Å². The van der Waals surface area contributed by atoms with Crippen LogP contribution in [0.5, 0.6) is 0 Å². The molecule has 1 heterocycles. The summed E-state index contributed by atoms with van der Waals surface area (Å²) in [6.07, 6.45) is -0.294. The van der Waals surface area contributed by atoms with Gasteiger partial charge in [0.25, 0.3) is 0 Å². The maximum atomic E-state index is 10.9. The van der Waals surface area contributed by atoms with Crippen LogP contribution in [0.3, 0.4) is 0 Å². The monoisotopic (exact) mass is 288 g/mol. The van der Waals surface area contributed by atoms with Gasteiger partial charge in [0.1, 0.15) is 5.82 Å². The van der Waals surface area contributed by atoms with Gasteiger partial charge in [-0.2, -0.15) is 0 Å². The predicted molar refractivity (Wildman–Crippen MR) is 66.6 cm³/mol. The molecule has 2 rings (SSSR count). The fourth-order valence-electron chi connectivity index (χ4n) is 1.60. The van der Waals surface area contributed by atoms with E-state index < -0.39 is 17.0 Å². The molecule has 7 heteroatoms. The Bertz CT molecular complexity index is 551. The predicted octanol–water partition coefficient (Wildman–Crippen LogP) is -0.521. The molecule has 1 aromatic heterocycles. The third-order valence-electron chi connectivity index (χ3n) is 2.39. The van der Waals surface area contributed by atoms with E-state index >= 15 is 0 Å². The zero-order chi connectivity index (χ0) is 12.4. The number of aromatic nitrogens is 2. The van der Waals surface area contributed by atoms with Gasteiger partial charge in [-0.1, -0.05) is 12.1 Å². The van der Waals surface area contributed by atoms with E-state index in [2.05, 4.69) is 22.6 Å². The first-order chi connectivity index (χ1) is 8.08. The molecule has 1 unspecified atom stereocenters. The van der Waals surface area contributed by atoms with E-state index in [1.165, 1.54) is 0 Å². The molecule has 0 aliphatic rings. The van der Waals surface area contributed by atoms with Crippen LogP contribution in [-0.2, 0) is 22.2 Å². The van der Waals surface area contributed by atoms with Crippen LogP contribution in [0.25, 0.3) is 11.0 Å². The maximum absolute atomic E-state index is 10.9. The summed E-state index contributed by atoms with van der Waals surface area (Å²) in [5.41, 5.74) is 1.36. The van der Waals surface area contributed by atoms with Crippen LogP contribution in [-0.4, -0.2) is 58.8 Å². The fraction of sp³-hybridized carbons (Fsp3) is 0.182. The number of carbonyl (C=O) groups excluding carboxylic acids is 2. The first-order valence-corrected chi connectivity index (χ1v) is 5.34. The number of imidazole rings is 1. The van der Waals surface area contributed by atoms with E-state index in [1.807, 2.05) is 0 Å². The molecule has 0 amide bonds. The van der Waals surface area contributed by atoms with Gasteiger partial charge in [-0.15, -0.1) is 0 Å². The van der Waals surface area contributed by atoms with Gasteiger partial charge in [-0.3, -0.25) is 0 Å². The Hall–Kier alpha value is -0.690. The van der Waals surface area contributed by atoms with Crippen molar-refractivity contribution in [3.05, 3.63) is 30.1 Å². The van der Waals surface area contributed by atoms with Crippen LogP contribution in [0.15, 0.2) is 24.3 Å². The number of carboxylic acid groups (broad SMARTS) is 1. The minimum Gasteiger partial charge on any atom is -0.742 e. The molecule has 0 fully saturated rings. The van der Waals surface area contributed by atoms with Crippen molar-refractivity contribution >= 4 is 72.5 Å². The third-order valence-corrected chi connectivity index (χ3v) is 2.56. The Morgan fingerprint density at radius 3 is 2.61 bits per heavy atom. The van der Waals surface area contributed by atoms with Gasteiger partial charge in [-0.25, -0.2) is 4.98 Å². The minimum absolute atomic E-state index is 0. The molecular formula is C11H8CaN2O3S. The summed E-state index contributed by atoms with van der Waals surface area (Å²) in [7, 11) is 0. The molecule has 0 spiro atoms. The third kappa shape index (κ3) is 3.41. The average molecular weight is 288 g/mol. The second-order valence-corrected chi connectivity index (χ2v) is 4.04. The van der Waals surface area contributed by atoms with Crippen LogP contribution in [0.4, 0.5) is 0 Å². The van der Waals surface area contributed by atoms with Gasteiger partial charge in [0.15, 0.2) is 0 Å². The Morgan fingerprint density at radius 2 is 2.06 bits per heavy atom. The number of nitrogens with zero attached hydrogens (tertiary/aromatic N) is 1. The van der Waals surface area contributed by atoms with Crippen molar-refractivity contribution < 1.29 is 14.7 Å². The summed E-state index contributed by atoms with van der Waals surface area (Å²) in [4.78, 5) is 28.7. The molecule has 1 atom stereocenters. The van der Waals surface area contributed by atoms with Gasteiger partial charge >= 0.3 is 37.7 Å². The first kappa shape index (κ1) is 15.4. The van der Waals surface area contributed by atoms with Gasteiger partial charge in [0.2, 0.25) is 0 Å².